The van der Waals surface area contributed by atoms with Crippen LogP contribution in [0.4, 0.5) is 0 Å². The first-order valence-electron chi connectivity index (χ1n) is 10.2. The van der Waals surface area contributed by atoms with Crippen LogP contribution >= 0.6 is 23.2 Å². The van der Waals surface area contributed by atoms with Gasteiger partial charge in [-0.1, -0.05) is 54.4 Å². The average Bonchev–Trinajstić information content (AvgIpc) is 3.14. The molecule has 0 aliphatic carbocycles. The van der Waals surface area contributed by atoms with Gasteiger partial charge in [-0.2, -0.15) is 0 Å². The smallest absolute Gasteiger partial charge is 0.195 e. The summed E-state index contributed by atoms with van der Waals surface area (Å²) in [5.74, 6) is -0.175. The first kappa shape index (κ1) is 21.4. The maximum atomic E-state index is 13.1. The van der Waals surface area contributed by atoms with Crippen molar-refractivity contribution < 1.29 is 19.4 Å². The summed E-state index contributed by atoms with van der Waals surface area (Å²) in [5.41, 5.74) is 2.92. The molecule has 30 heavy (non-hydrogen) atoms. The summed E-state index contributed by atoms with van der Waals surface area (Å²) >= 11 is 12.4. The maximum Gasteiger partial charge on any atom is 0.195 e. The molecule has 2 aliphatic rings. The van der Waals surface area contributed by atoms with Crippen LogP contribution < -0.4 is 0 Å². The number of halogens is 2. The normalized spacial score (nSPS) is 23.3. The van der Waals surface area contributed by atoms with Gasteiger partial charge in [0.15, 0.2) is 5.78 Å². The van der Waals surface area contributed by atoms with Crippen molar-refractivity contribution in [3.8, 4) is 11.1 Å². The molecule has 4 rings (SSSR count). The van der Waals surface area contributed by atoms with Gasteiger partial charge in [0.05, 0.1) is 12.2 Å². The zero-order chi connectivity index (χ0) is 21.5. The average molecular weight is 447 g/mol. The van der Waals surface area contributed by atoms with Gasteiger partial charge in [-0.25, -0.2) is 0 Å². The Balaban J connectivity index is 1.81. The van der Waals surface area contributed by atoms with Gasteiger partial charge >= 0.3 is 0 Å². The van der Waals surface area contributed by atoms with Crippen molar-refractivity contribution in [2.24, 2.45) is 0 Å². The van der Waals surface area contributed by atoms with E-state index in [9.17, 15) is 9.90 Å². The molecule has 158 valence electrons. The van der Waals surface area contributed by atoms with Gasteiger partial charge in [0.1, 0.15) is 17.5 Å². The quantitative estimate of drug-likeness (QED) is 0.588. The second-order valence-electron chi connectivity index (χ2n) is 7.71. The Kier molecular flexibility index (Phi) is 5.95. The van der Waals surface area contributed by atoms with E-state index >= 15 is 0 Å². The zero-order valence-electron chi connectivity index (χ0n) is 17.0. The molecule has 0 unspecified atom stereocenters. The topological polar surface area (TPSA) is 55.8 Å². The molecule has 0 radical (unpaired) electrons. The molecular weight excluding hydrogens is 423 g/mol. The fourth-order valence-corrected chi connectivity index (χ4v) is 4.86. The van der Waals surface area contributed by atoms with Crippen molar-refractivity contribution in [1.82, 2.24) is 0 Å². The number of aryl methyl sites for hydroxylation is 1. The Bertz CT molecular complexity index is 1030. The number of carbonyl (C=O) groups excluding carboxylic acids is 1. The Hall–Kier alpha value is -1.85. The van der Waals surface area contributed by atoms with Crippen LogP contribution in [0.25, 0.3) is 16.7 Å². The highest BCUT2D eigenvalue weighted by molar-refractivity contribution is 6.36. The third kappa shape index (κ3) is 3.56. The molecule has 2 aliphatic heterocycles. The number of fused-ring (bicyclic) bond motifs is 2. The van der Waals surface area contributed by atoms with E-state index in [2.05, 4.69) is 0 Å². The molecule has 2 atom stereocenters. The van der Waals surface area contributed by atoms with E-state index in [4.69, 9.17) is 32.7 Å². The largest absolute Gasteiger partial charge is 0.508 e. The molecule has 0 spiro atoms. The SMILES string of the molecule is CCOC[C@]12CC[C@H](O1)C(=O)C(c1ccc(-c3ccc(Cl)cc3Cl)cc1CC)=C2O. The highest BCUT2D eigenvalue weighted by Crippen LogP contribution is 2.46. The lowest BCUT2D eigenvalue weighted by Gasteiger charge is -2.34. The number of ketones is 1. The molecule has 1 N–H and O–H groups in total. The summed E-state index contributed by atoms with van der Waals surface area (Å²) in [7, 11) is 0. The Morgan fingerprint density at radius 1 is 1.17 bits per heavy atom. The van der Waals surface area contributed by atoms with Gasteiger partial charge in [0.2, 0.25) is 0 Å². The van der Waals surface area contributed by atoms with Gasteiger partial charge in [-0.05, 0) is 55.0 Å². The molecule has 1 saturated heterocycles. The fourth-order valence-electron chi connectivity index (χ4n) is 4.34. The fraction of sp³-hybridized carbons (Fsp3) is 0.375. The number of hydrogen-bond acceptors (Lipinski definition) is 4. The molecular formula is C24H24Cl2O4. The minimum atomic E-state index is -0.937. The minimum absolute atomic E-state index is 0.0123. The van der Waals surface area contributed by atoms with Crippen LogP contribution in [0.1, 0.15) is 37.8 Å². The van der Waals surface area contributed by atoms with E-state index in [1.807, 2.05) is 38.1 Å². The Morgan fingerprint density at radius 3 is 2.63 bits per heavy atom. The van der Waals surface area contributed by atoms with Crippen LogP contribution in [0.2, 0.25) is 10.0 Å². The van der Waals surface area contributed by atoms with Crippen LogP contribution in [0, 0.1) is 0 Å². The standard InChI is InChI=1S/C24H24Cl2O4/c1-3-14-11-15(17-8-6-16(25)12-19(17)26)5-7-18(14)21-22(27)20-9-10-24(30-20,23(21)28)13-29-4-2/h5-8,11-12,20,28H,3-4,9-10,13H2,1-2H3/t20-,24-/m0/s1. The first-order valence-corrected chi connectivity index (χ1v) is 11.0. The Labute approximate surface area is 186 Å². The Morgan fingerprint density at radius 2 is 1.93 bits per heavy atom. The van der Waals surface area contributed by atoms with Gasteiger partial charge in [0, 0.05) is 22.2 Å². The number of Topliss-reactive ketones (excluding diaryl/α,β-unsaturated/α-hetero) is 1. The van der Waals surface area contributed by atoms with Crippen molar-refractivity contribution in [2.45, 2.75) is 44.8 Å². The van der Waals surface area contributed by atoms with Crippen LogP contribution in [0.15, 0.2) is 42.2 Å². The highest BCUT2D eigenvalue weighted by Gasteiger charge is 2.53. The van der Waals surface area contributed by atoms with Crippen LogP contribution in [0.3, 0.4) is 0 Å². The summed E-state index contributed by atoms with van der Waals surface area (Å²) < 4.78 is 11.5. The van der Waals surface area contributed by atoms with Gasteiger partial charge in [-0.3, -0.25) is 4.79 Å². The first-order chi connectivity index (χ1) is 14.4. The number of aliphatic hydroxyl groups is 1. The predicted molar refractivity (Wildman–Crippen MR) is 119 cm³/mol. The summed E-state index contributed by atoms with van der Waals surface area (Å²) in [5, 5.41) is 12.3. The predicted octanol–water partition coefficient (Wildman–Crippen LogP) is 6.03. The van der Waals surface area contributed by atoms with E-state index in [1.165, 1.54) is 0 Å². The van der Waals surface area contributed by atoms with Gasteiger partial charge < -0.3 is 14.6 Å². The molecule has 6 heteroatoms. The van der Waals surface area contributed by atoms with Crippen LogP contribution in [-0.4, -0.2) is 35.8 Å². The van der Waals surface area contributed by atoms with E-state index < -0.39 is 11.7 Å². The van der Waals surface area contributed by atoms with E-state index in [1.54, 1.807) is 12.1 Å². The van der Waals surface area contributed by atoms with Crippen molar-refractivity contribution in [1.29, 1.82) is 0 Å². The number of carbonyl (C=O) groups is 1. The lowest BCUT2D eigenvalue weighted by Crippen LogP contribution is -2.43. The highest BCUT2D eigenvalue weighted by atomic mass is 35.5. The molecule has 1 fully saturated rings. The van der Waals surface area contributed by atoms with Crippen molar-refractivity contribution >= 4 is 34.6 Å². The third-order valence-electron chi connectivity index (χ3n) is 5.92. The third-order valence-corrected chi connectivity index (χ3v) is 6.47. The molecule has 0 aromatic heterocycles. The van der Waals surface area contributed by atoms with Crippen LogP contribution in [-0.2, 0) is 20.7 Å². The second kappa shape index (κ2) is 8.35. The van der Waals surface area contributed by atoms with Gasteiger partial charge in [0.25, 0.3) is 0 Å². The molecule has 4 nitrogen and oxygen atoms in total. The monoisotopic (exact) mass is 446 g/mol. The number of ether oxygens (including phenoxy) is 2. The maximum absolute atomic E-state index is 13.1. The molecule has 2 bridgehead atoms. The zero-order valence-corrected chi connectivity index (χ0v) is 18.5. The minimum Gasteiger partial charge on any atom is -0.508 e. The second-order valence-corrected chi connectivity index (χ2v) is 8.56. The van der Waals surface area contributed by atoms with Crippen molar-refractivity contribution in [3.05, 3.63) is 63.3 Å². The number of benzene rings is 2. The molecule has 2 aromatic rings. The van der Waals surface area contributed by atoms with E-state index in [0.29, 0.717) is 41.5 Å². The molecule has 2 aromatic carbocycles. The molecule has 0 amide bonds. The summed E-state index contributed by atoms with van der Waals surface area (Å²) in [6, 6.07) is 11.2. The lowest BCUT2D eigenvalue weighted by molar-refractivity contribution is -0.138. The summed E-state index contributed by atoms with van der Waals surface area (Å²) in [6.45, 7) is 4.68. The van der Waals surface area contributed by atoms with Gasteiger partial charge in [-0.15, -0.1) is 0 Å². The number of hydrogen-bond donors (Lipinski definition) is 1. The van der Waals surface area contributed by atoms with Crippen LogP contribution in [0.5, 0.6) is 0 Å². The summed E-state index contributed by atoms with van der Waals surface area (Å²) in [6.07, 6.45) is 1.31. The molecule has 0 saturated carbocycles. The summed E-state index contributed by atoms with van der Waals surface area (Å²) in [4.78, 5) is 13.1. The molecule has 2 heterocycles. The number of aliphatic hydroxyl groups excluding tert-OH is 1. The van der Waals surface area contributed by atoms with Crippen molar-refractivity contribution in [2.75, 3.05) is 13.2 Å². The van der Waals surface area contributed by atoms with E-state index in [0.717, 1.165) is 22.3 Å². The number of rotatable bonds is 6. The van der Waals surface area contributed by atoms with E-state index in [-0.39, 0.29) is 18.1 Å². The van der Waals surface area contributed by atoms with Crippen molar-refractivity contribution in [3.63, 3.8) is 0 Å². The lowest BCUT2D eigenvalue weighted by atomic mass is 9.86.